The number of carbonyl (C=O) groups excluding carboxylic acids is 2. The van der Waals surface area contributed by atoms with Crippen molar-refractivity contribution in [1.82, 2.24) is 20.0 Å². The quantitative estimate of drug-likeness (QED) is 0.239. The lowest BCUT2D eigenvalue weighted by Gasteiger charge is -2.34. The van der Waals surface area contributed by atoms with Crippen LogP contribution in [0.2, 0.25) is 0 Å². The van der Waals surface area contributed by atoms with E-state index in [1.807, 2.05) is 4.90 Å². The molecule has 0 saturated carbocycles. The third-order valence-corrected chi connectivity index (χ3v) is 8.09. The summed E-state index contributed by atoms with van der Waals surface area (Å²) >= 11 is 1.21. The average Bonchev–Trinajstić information content (AvgIpc) is 3.49. The van der Waals surface area contributed by atoms with Gasteiger partial charge in [0.05, 0.1) is 34.3 Å². The van der Waals surface area contributed by atoms with Crippen LogP contribution in [0.15, 0.2) is 52.5 Å². The second-order valence-electron chi connectivity index (χ2n) is 11.7. The number of aliphatic imine (C=N–C) groups is 1. The molecule has 2 aromatic carbocycles. The lowest BCUT2D eigenvalue weighted by molar-refractivity contribution is -0.143. The number of alkyl halides is 6. The first-order chi connectivity index (χ1) is 21.0. The van der Waals surface area contributed by atoms with E-state index in [4.69, 9.17) is 4.74 Å². The lowest BCUT2D eigenvalue weighted by Crippen LogP contribution is -2.49. The molecule has 2 amide bonds. The fourth-order valence-electron chi connectivity index (χ4n) is 5.06. The van der Waals surface area contributed by atoms with Gasteiger partial charge in [-0.25, -0.2) is 4.79 Å². The highest BCUT2D eigenvalue weighted by atomic mass is 32.2. The number of fused-ring (bicyclic) bond motifs is 1. The standard InChI is InChI=1S/C30H29F6N5O3S/c1-28(2,3)44-27(43)38-21-5-4-10-40(16-21)26-39-25(42)24(45-26)12-17-6-9-23-19(11-17)14-37-41(23)15-18-7-8-20(29(31,32)33)13-22(18)30(34,35)36/h6-9,11-14,21H,4-5,10,15-16H2,1-3H3,(H,38,43). The van der Waals surface area contributed by atoms with Crippen LogP contribution in [-0.4, -0.2) is 56.6 Å². The minimum Gasteiger partial charge on any atom is -0.444 e. The second-order valence-corrected chi connectivity index (χ2v) is 12.7. The maximum absolute atomic E-state index is 13.6. The Morgan fingerprint density at radius 2 is 1.84 bits per heavy atom. The number of hydrogen-bond acceptors (Lipinski definition) is 6. The molecule has 3 heterocycles. The Morgan fingerprint density at radius 3 is 2.53 bits per heavy atom. The number of benzene rings is 2. The van der Waals surface area contributed by atoms with E-state index in [-0.39, 0.29) is 17.7 Å². The first-order valence-corrected chi connectivity index (χ1v) is 14.8. The van der Waals surface area contributed by atoms with E-state index in [2.05, 4.69) is 15.4 Å². The number of rotatable bonds is 4. The van der Waals surface area contributed by atoms with E-state index in [0.29, 0.717) is 45.7 Å². The number of hydrogen-bond donors (Lipinski definition) is 1. The van der Waals surface area contributed by atoms with Crippen LogP contribution in [0.25, 0.3) is 17.0 Å². The average molecular weight is 654 g/mol. The molecule has 1 unspecified atom stereocenters. The molecule has 5 rings (SSSR count). The first kappa shape index (κ1) is 32.4. The molecular weight excluding hydrogens is 624 g/mol. The third-order valence-electron chi connectivity index (χ3n) is 7.05. The maximum atomic E-state index is 13.6. The molecule has 240 valence electrons. The molecule has 45 heavy (non-hydrogen) atoms. The number of halogens is 6. The minimum atomic E-state index is -4.99. The molecule has 0 radical (unpaired) electrons. The molecule has 8 nitrogen and oxygen atoms in total. The summed E-state index contributed by atoms with van der Waals surface area (Å²) in [6.45, 7) is 6.07. The number of likely N-dealkylation sites (tertiary alicyclic amines) is 1. The van der Waals surface area contributed by atoms with E-state index in [9.17, 15) is 35.9 Å². The maximum Gasteiger partial charge on any atom is 0.416 e. The van der Waals surface area contributed by atoms with E-state index in [1.54, 1.807) is 45.0 Å². The molecule has 1 saturated heterocycles. The van der Waals surface area contributed by atoms with Gasteiger partial charge in [0.2, 0.25) is 0 Å². The van der Waals surface area contributed by atoms with E-state index in [1.165, 1.54) is 22.6 Å². The third kappa shape index (κ3) is 7.81. The van der Waals surface area contributed by atoms with Crippen molar-refractivity contribution in [3.05, 3.63) is 69.8 Å². The van der Waals surface area contributed by atoms with Crippen LogP contribution in [0, 0.1) is 0 Å². The zero-order chi connectivity index (χ0) is 32.7. The molecule has 2 aliphatic rings. The molecule has 3 aromatic rings. The molecule has 1 atom stereocenters. The summed E-state index contributed by atoms with van der Waals surface area (Å²) < 4.78 is 86.7. The summed E-state index contributed by atoms with van der Waals surface area (Å²) in [5.74, 6) is -0.421. The number of nitrogens with one attached hydrogen (secondary N) is 1. The number of carbonyl (C=O) groups is 2. The number of thioether (sulfide) groups is 1. The minimum absolute atomic E-state index is 0.111. The van der Waals surface area contributed by atoms with Gasteiger partial charge in [0.15, 0.2) is 5.17 Å². The van der Waals surface area contributed by atoms with Crippen molar-refractivity contribution in [2.24, 2.45) is 4.99 Å². The highest BCUT2D eigenvalue weighted by Gasteiger charge is 2.38. The molecule has 2 aliphatic heterocycles. The Labute approximate surface area is 258 Å². The van der Waals surface area contributed by atoms with Crippen LogP contribution in [0.1, 0.15) is 55.9 Å². The molecule has 1 N–H and O–H groups in total. The van der Waals surface area contributed by atoms with Crippen molar-refractivity contribution < 1.29 is 40.7 Å². The molecule has 1 fully saturated rings. The van der Waals surface area contributed by atoms with Gasteiger partial charge in [0.1, 0.15) is 5.60 Å². The van der Waals surface area contributed by atoms with Gasteiger partial charge in [-0.15, -0.1) is 0 Å². The lowest BCUT2D eigenvalue weighted by atomic mass is 10.0. The topological polar surface area (TPSA) is 88.8 Å². The van der Waals surface area contributed by atoms with Crippen molar-refractivity contribution in [1.29, 1.82) is 0 Å². The van der Waals surface area contributed by atoms with Gasteiger partial charge in [-0.3, -0.25) is 9.48 Å². The van der Waals surface area contributed by atoms with Gasteiger partial charge in [0, 0.05) is 24.5 Å². The zero-order valence-corrected chi connectivity index (χ0v) is 25.2. The van der Waals surface area contributed by atoms with Crippen molar-refractivity contribution in [2.75, 3.05) is 13.1 Å². The molecule has 0 bridgehead atoms. The smallest absolute Gasteiger partial charge is 0.416 e. The highest BCUT2D eigenvalue weighted by molar-refractivity contribution is 8.18. The summed E-state index contributed by atoms with van der Waals surface area (Å²) in [6.07, 6.45) is -5.79. The number of amidine groups is 1. The van der Waals surface area contributed by atoms with Crippen LogP contribution < -0.4 is 5.32 Å². The van der Waals surface area contributed by atoms with E-state index >= 15 is 0 Å². The number of nitrogens with zero attached hydrogens (tertiary/aromatic N) is 4. The van der Waals surface area contributed by atoms with Crippen LogP contribution in [0.4, 0.5) is 31.1 Å². The van der Waals surface area contributed by atoms with Crippen LogP contribution in [0.5, 0.6) is 0 Å². The fraction of sp³-hybridized carbons (Fsp3) is 0.400. The number of alkyl carbamates (subject to hydrolysis) is 1. The molecule has 15 heteroatoms. The van der Waals surface area contributed by atoms with Crippen molar-refractivity contribution >= 4 is 45.9 Å². The van der Waals surface area contributed by atoms with Gasteiger partial charge in [-0.2, -0.15) is 36.4 Å². The number of amides is 2. The van der Waals surface area contributed by atoms with Crippen LogP contribution in [0.3, 0.4) is 0 Å². The van der Waals surface area contributed by atoms with Gasteiger partial charge < -0.3 is 15.0 Å². The van der Waals surface area contributed by atoms with Gasteiger partial charge >= 0.3 is 18.4 Å². The number of aromatic nitrogens is 2. The van der Waals surface area contributed by atoms with Crippen LogP contribution in [-0.2, 0) is 28.4 Å². The summed E-state index contributed by atoms with van der Waals surface area (Å²) in [7, 11) is 0. The summed E-state index contributed by atoms with van der Waals surface area (Å²) in [6, 6.07) is 6.36. The Kier molecular flexibility index (Phi) is 8.68. The van der Waals surface area contributed by atoms with E-state index in [0.717, 1.165) is 18.9 Å². The number of ether oxygens (including phenoxy) is 1. The fourth-order valence-corrected chi connectivity index (χ4v) is 6.01. The first-order valence-electron chi connectivity index (χ1n) is 14.0. The van der Waals surface area contributed by atoms with Gasteiger partial charge in [-0.05, 0) is 86.8 Å². The van der Waals surface area contributed by atoms with Crippen LogP contribution >= 0.6 is 11.8 Å². The summed E-state index contributed by atoms with van der Waals surface area (Å²) in [5, 5.41) is 8.11. The van der Waals surface area contributed by atoms with Crippen molar-refractivity contribution in [3.8, 4) is 0 Å². The zero-order valence-electron chi connectivity index (χ0n) is 24.4. The monoisotopic (exact) mass is 653 g/mol. The Hall–Kier alpha value is -4.01. The molecule has 1 aromatic heterocycles. The normalized spacial score (nSPS) is 18.9. The largest absolute Gasteiger partial charge is 0.444 e. The Morgan fingerprint density at radius 1 is 1.09 bits per heavy atom. The second kappa shape index (κ2) is 12.1. The van der Waals surface area contributed by atoms with Gasteiger partial charge in [0.25, 0.3) is 5.91 Å². The van der Waals surface area contributed by atoms with E-state index < -0.39 is 47.6 Å². The molecule has 0 aliphatic carbocycles. The number of piperidine rings is 1. The highest BCUT2D eigenvalue weighted by Crippen LogP contribution is 2.38. The van der Waals surface area contributed by atoms with Gasteiger partial charge in [-0.1, -0.05) is 12.1 Å². The Balaban J connectivity index is 1.29. The summed E-state index contributed by atoms with van der Waals surface area (Å²) in [4.78, 5) is 31.5. The summed E-state index contributed by atoms with van der Waals surface area (Å²) in [5.41, 5.74) is -2.65. The SMILES string of the molecule is CC(C)(C)OC(=O)NC1CCCN(C2=NC(=O)C(=Cc3ccc4c(cnn4Cc4ccc(C(F)(F)F)cc4C(F)(F)F)c3)S2)C1. The Bertz CT molecular complexity index is 1690. The predicted octanol–water partition coefficient (Wildman–Crippen LogP) is 7.08. The van der Waals surface area contributed by atoms with Crippen molar-refractivity contribution in [2.45, 2.75) is 64.2 Å². The molecule has 0 spiro atoms. The predicted molar refractivity (Wildman–Crippen MR) is 157 cm³/mol. The van der Waals surface area contributed by atoms with Crippen molar-refractivity contribution in [3.63, 3.8) is 0 Å². The molecular formula is C30H29F6N5O3S.